The van der Waals surface area contributed by atoms with Gasteiger partial charge in [0.1, 0.15) is 0 Å². The van der Waals surface area contributed by atoms with Gasteiger partial charge in [0, 0.05) is 37.9 Å². The molecule has 0 spiro atoms. The highest BCUT2D eigenvalue weighted by atomic mass is 16.5. The second kappa shape index (κ2) is 4.37. The van der Waals surface area contributed by atoms with Crippen molar-refractivity contribution in [2.75, 3.05) is 31.8 Å². The SMILES string of the molecule is CN=c1cc2cc(NC)cc(NC)c2cn1O. The molecule has 90 valence electrons. The van der Waals surface area contributed by atoms with E-state index in [-0.39, 0.29) is 0 Å². The van der Waals surface area contributed by atoms with Gasteiger partial charge >= 0.3 is 0 Å². The average Bonchev–Trinajstić information content (AvgIpc) is 2.36. The van der Waals surface area contributed by atoms with Crippen molar-refractivity contribution in [3.8, 4) is 0 Å². The molecule has 0 unspecified atom stereocenters. The van der Waals surface area contributed by atoms with Crippen LogP contribution in [0.4, 0.5) is 11.4 Å². The first-order valence-electron chi connectivity index (χ1n) is 5.37. The Morgan fingerprint density at radius 2 is 1.94 bits per heavy atom. The first kappa shape index (κ1) is 11.3. The molecule has 0 amide bonds. The molecule has 0 aliphatic heterocycles. The number of pyridine rings is 1. The summed E-state index contributed by atoms with van der Waals surface area (Å²) in [4.78, 5) is 4.00. The van der Waals surface area contributed by atoms with E-state index < -0.39 is 0 Å². The van der Waals surface area contributed by atoms with Crippen LogP contribution in [0.25, 0.3) is 10.8 Å². The summed E-state index contributed by atoms with van der Waals surface area (Å²) in [6.45, 7) is 0. The molecule has 5 heteroatoms. The van der Waals surface area contributed by atoms with Gasteiger partial charge < -0.3 is 15.8 Å². The molecule has 2 aromatic rings. The van der Waals surface area contributed by atoms with Crippen LogP contribution in [-0.2, 0) is 0 Å². The molecule has 0 fully saturated rings. The fourth-order valence-electron chi connectivity index (χ4n) is 1.85. The van der Waals surface area contributed by atoms with Crippen LogP contribution in [0.2, 0.25) is 0 Å². The Kier molecular flexibility index (Phi) is 2.91. The van der Waals surface area contributed by atoms with E-state index in [0.717, 1.165) is 26.9 Å². The molecule has 0 atom stereocenters. The van der Waals surface area contributed by atoms with Crippen molar-refractivity contribution in [3.05, 3.63) is 29.9 Å². The smallest absolute Gasteiger partial charge is 0.163 e. The minimum atomic E-state index is 0.521. The summed E-state index contributed by atoms with van der Waals surface area (Å²) in [6, 6.07) is 5.85. The van der Waals surface area contributed by atoms with Crippen molar-refractivity contribution >= 4 is 22.1 Å². The zero-order chi connectivity index (χ0) is 12.4. The monoisotopic (exact) mass is 232 g/mol. The molecule has 0 saturated heterocycles. The Labute approximate surface area is 99.4 Å². The van der Waals surface area contributed by atoms with Gasteiger partial charge in [0.05, 0.1) is 6.20 Å². The number of nitrogens with zero attached hydrogens (tertiary/aromatic N) is 2. The molecule has 0 saturated carbocycles. The number of aromatic nitrogens is 1. The standard InChI is InChI=1S/C12H16N4O/c1-13-9-4-8-5-12(15-3)16(17)7-10(8)11(6-9)14-2/h4-7,13-14,17H,1-3H3. The summed E-state index contributed by atoms with van der Waals surface area (Å²) < 4.78 is 1.03. The van der Waals surface area contributed by atoms with Gasteiger partial charge in [-0.2, -0.15) is 4.73 Å². The molecular formula is C12H16N4O. The lowest BCUT2D eigenvalue weighted by molar-refractivity contribution is 0.173. The number of rotatable bonds is 2. The Bertz CT molecular complexity index is 616. The van der Waals surface area contributed by atoms with Crippen LogP contribution in [0.3, 0.4) is 0 Å². The molecule has 0 bridgehead atoms. The van der Waals surface area contributed by atoms with E-state index in [1.807, 2.05) is 32.3 Å². The third-order valence-electron chi connectivity index (χ3n) is 2.77. The van der Waals surface area contributed by atoms with Gasteiger partial charge in [-0.1, -0.05) is 0 Å². The number of fused-ring (bicyclic) bond motifs is 1. The van der Waals surface area contributed by atoms with E-state index in [1.165, 1.54) is 0 Å². The zero-order valence-electron chi connectivity index (χ0n) is 10.2. The Morgan fingerprint density at radius 1 is 1.18 bits per heavy atom. The minimum Gasteiger partial charge on any atom is -0.427 e. The molecule has 1 aromatic carbocycles. The van der Waals surface area contributed by atoms with E-state index in [2.05, 4.69) is 15.6 Å². The maximum atomic E-state index is 9.73. The van der Waals surface area contributed by atoms with Crippen LogP contribution in [0, 0.1) is 0 Å². The summed E-state index contributed by atoms with van der Waals surface area (Å²) in [5.41, 5.74) is 2.49. The minimum absolute atomic E-state index is 0.521. The summed E-state index contributed by atoms with van der Waals surface area (Å²) in [5.74, 6) is 0. The first-order valence-corrected chi connectivity index (χ1v) is 5.37. The number of hydrogen-bond donors (Lipinski definition) is 3. The van der Waals surface area contributed by atoms with Gasteiger partial charge in [-0.3, -0.25) is 4.99 Å². The highest BCUT2D eigenvalue weighted by molar-refractivity contribution is 5.96. The molecule has 0 radical (unpaired) electrons. The van der Waals surface area contributed by atoms with Crippen LogP contribution in [0.15, 0.2) is 29.4 Å². The van der Waals surface area contributed by atoms with Crippen molar-refractivity contribution in [1.82, 2.24) is 4.73 Å². The van der Waals surface area contributed by atoms with Crippen LogP contribution in [0.5, 0.6) is 0 Å². The number of benzene rings is 1. The number of nitrogens with one attached hydrogen (secondary N) is 2. The van der Waals surface area contributed by atoms with Crippen LogP contribution < -0.4 is 16.1 Å². The molecule has 3 N–H and O–H groups in total. The van der Waals surface area contributed by atoms with Crippen molar-refractivity contribution in [2.45, 2.75) is 0 Å². The van der Waals surface area contributed by atoms with E-state index in [4.69, 9.17) is 0 Å². The molecule has 2 rings (SSSR count). The van der Waals surface area contributed by atoms with Crippen LogP contribution in [0.1, 0.15) is 0 Å². The Morgan fingerprint density at radius 3 is 2.53 bits per heavy atom. The molecule has 0 aliphatic carbocycles. The zero-order valence-corrected chi connectivity index (χ0v) is 10.2. The quantitative estimate of drug-likeness (QED) is 0.687. The fourth-order valence-corrected chi connectivity index (χ4v) is 1.85. The molecule has 5 nitrogen and oxygen atoms in total. The lowest BCUT2D eigenvalue weighted by Gasteiger charge is -2.10. The maximum absolute atomic E-state index is 9.73. The summed E-state index contributed by atoms with van der Waals surface area (Å²) >= 11 is 0. The van der Waals surface area contributed by atoms with Gasteiger partial charge in [-0.25, -0.2) is 0 Å². The predicted octanol–water partition coefficient (Wildman–Crippen LogP) is 1.49. The molecule has 1 heterocycles. The van der Waals surface area contributed by atoms with Gasteiger partial charge in [0.2, 0.25) is 0 Å². The predicted molar refractivity (Wildman–Crippen MR) is 69.7 cm³/mol. The molecule has 0 aliphatic rings. The largest absolute Gasteiger partial charge is 0.427 e. The lowest BCUT2D eigenvalue weighted by atomic mass is 10.1. The highest BCUT2D eigenvalue weighted by Gasteiger charge is 2.04. The van der Waals surface area contributed by atoms with E-state index in [9.17, 15) is 5.21 Å². The van der Waals surface area contributed by atoms with Gasteiger partial charge in [0.25, 0.3) is 0 Å². The van der Waals surface area contributed by atoms with Crippen molar-refractivity contribution in [2.24, 2.45) is 4.99 Å². The highest BCUT2D eigenvalue weighted by Crippen LogP contribution is 2.26. The third-order valence-corrected chi connectivity index (χ3v) is 2.77. The second-order valence-corrected chi connectivity index (χ2v) is 3.73. The second-order valence-electron chi connectivity index (χ2n) is 3.73. The van der Waals surface area contributed by atoms with Crippen molar-refractivity contribution in [3.63, 3.8) is 0 Å². The van der Waals surface area contributed by atoms with Crippen LogP contribution >= 0.6 is 0 Å². The molecule has 17 heavy (non-hydrogen) atoms. The van der Waals surface area contributed by atoms with E-state index >= 15 is 0 Å². The van der Waals surface area contributed by atoms with Gasteiger partial charge in [0.15, 0.2) is 5.49 Å². The van der Waals surface area contributed by atoms with E-state index in [1.54, 1.807) is 13.2 Å². The normalized spacial score (nSPS) is 11.8. The lowest BCUT2D eigenvalue weighted by Crippen LogP contribution is -2.17. The fraction of sp³-hybridized carbons (Fsp3) is 0.250. The Balaban J connectivity index is 2.85. The molecule has 1 aromatic heterocycles. The summed E-state index contributed by atoms with van der Waals surface area (Å²) in [5, 5.41) is 17.9. The topological polar surface area (TPSA) is 61.6 Å². The number of hydrogen-bond acceptors (Lipinski definition) is 4. The number of anilines is 2. The van der Waals surface area contributed by atoms with Gasteiger partial charge in [-0.05, 0) is 23.6 Å². The average molecular weight is 232 g/mol. The summed E-state index contributed by atoms with van der Waals surface area (Å²) in [7, 11) is 5.38. The van der Waals surface area contributed by atoms with Crippen LogP contribution in [-0.4, -0.2) is 31.1 Å². The Hall–Kier alpha value is -2.17. The summed E-state index contributed by atoms with van der Waals surface area (Å²) in [6.07, 6.45) is 1.66. The maximum Gasteiger partial charge on any atom is 0.163 e. The van der Waals surface area contributed by atoms with E-state index in [0.29, 0.717) is 5.49 Å². The third kappa shape index (κ3) is 1.91. The first-order chi connectivity index (χ1) is 8.19. The van der Waals surface area contributed by atoms with Gasteiger partial charge in [-0.15, -0.1) is 0 Å². The van der Waals surface area contributed by atoms with Crippen molar-refractivity contribution < 1.29 is 5.21 Å². The molecular weight excluding hydrogens is 216 g/mol. The van der Waals surface area contributed by atoms with Crippen molar-refractivity contribution in [1.29, 1.82) is 0 Å².